The Morgan fingerprint density at radius 2 is 1.96 bits per heavy atom. The number of amides is 2. The smallest absolute Gasteiger partial charge is 0.278 e. The van der Waals surface area contributed by atoms with E-state index in [0.29, 0.717) is 23.8 Å². The first-order valence-electron chi connectivity index (χ1n) is 9.76. The summed E-state index contributed by atoms with van der Waals surface area (Å²) in [6.45, 7) is 10.4. The van der Waals surface area contributed by atoms with E-state index in [4.69, 9.17) is 4.74 Å². The Morgan fingerprint density at radius 1 is 1.22 bits per heavy atom. The molecule has 0 bridgehead atoms. The van der Waals surface area contributed by atoms with E-state index in [9.17, 15) is 9.59 Å². The van der Waals surface area contributed by atoms with Crippen LogP contribution >= 0.6 is 0 Å². The summed E-state index contributed by atoms with van der Waals surface area (Å²) < 4.78 is 5.64. The second-order valence-electron chi connectivity index (χ2n) is 7.30. The van der Waals surface area contributed by atoms with Crippen LogP contribution in [0.2, 0.25) is 0 Å². The fourth-order valence-electron chi connectivity index (χ4n) is 3.74. The minimum atomic E-state index is -0.240. The maximum absolute atomic E-state index is 13.0. The molecule has 0 aliphatic carbocycles. The highest BCUT2D eigenvalue weighted by Crippen LogP contribution is 2.34. The number of ether oxygens (including phenoxy) is 1. The number of carbonyl (C=O) groups is 2. The third kappa shape index (κ3) is 3.92. The maximum Gasteiger partial charge on any atom is 0.278 e. The first kappa shape index (κ1) is 19.2. The van der Waals surface area contributed by atoms with Crippen LogP contribution in [0.15, 0.2) is 42.6 Å². The second-order valence-corrected chi connectivity index (χ2v) is 7.30. The molecule has 1 fully saturated rings. The number of piperidine rings is 1. The number of imide groups is 1. The summed E-state index contributed by atoms with van der Waals surface area (Å²) in [7, 11) is 0. The van der Waals surface area contributed by atoms with E-state index in [-0.39, 0.29) is 18.4 Å². The number of nitrogens with zero attached hydrogens (tertiary/aromatic N) is 2. The van der Waals surface area contributed by atoms with E-state index in [1.807, 2.05) is 24.3 Å². The molecule has 2 amide bonds. The van der Waals surface area contributed by atoms with E-state index in [1.54, 1.807) is 6.08 Å². The molecule has 0 N–H and O–H groups in total. The number of benzene rings is 1. The van der Waals surface area contributed by atoms with Gasteiger partial charge in [-0.05, 0) is 42.9 Å². The van der Waals surface area contributed by atoms with Crippen LogP contribution < -0.4 is 4.74 Å². The van der Waals surface area contributed by atoms with Gasteiger partial charge in [0.05, 0.1) is 12.2 Å². The van der Waals surface area contributed by atoms with Crippen LogP contribution in [0.4, 0.5) is 0 Å². The SMILES string of the molecule is C=CCN1C(=O)C(c2ccc(OCCC)cc2)=C(N2CCCC(C)C2)C1=O. The molecule has 27 heavy (non-hydrogen) atoms. The van der Waals surface area contributed by atoms with Gasteiger partial charge >= 0.3 is 0 Å². The minimum absolute atomic E-state index is 0.213. The van der Waals surface area contributed by atoms with Crippen molar-refractivity contribution in [3.8, 4) is 5.75 Å². The van der Waals surface area contributed by atoms with Crippen LogP contribution in [0.5, 0.6) is 5.75 Å². The zero-order valence-electron chi connectivity index (χ0n) is 16.2. The van der Waals surface area contributed by atoms with Crippen molar-refractivity contribution in [3.05, 3.63) is 48.2 Å². The molecule has 0 saturated carbocycles. The molecule has 1 unspecified atom stereocenters. The number of likely N-dealkylation sites (tertiary alicyclic amines) is 1. The maximum atomic E-state index is 13.0. The van der Waals surface area contributed by atoms with Gasteiger partial charge in [0.1, 0.15) is 11.4 Å². The van der Waals surface area contributed by atoms with Crippen molar-refractivity contribution in [3.63, 3.8) is 0 Å². The lowest BCUT2D eigenvalue weighted by molar-refractivity contribution is -0.137. The van der Waals surface area contributed by atoms with Crippen LogP contribution in [-0.4, -0.2) is 47.9 Å². The van der Waals surface area contributed by atoms with E-state index in [0.717, 1.165) is 43.7 Å². The van der Waals surface area contributed by atoms with Gasteiger partial charge in [0.15, 0.2) is 0 Å². The molecule has 0 spiro atoms. The Balaban J connectivity index is 1.98. The predicted molar refractivity (Wildman–Crippen MR) is 106 cm³/mol. The lowest BCUT2D eigenvalue weighted by atomic mass is 9.97. The molecule has 0 aromatic heterocycles. The lowest BCUT2D eigenvalue weighted by Gasteiger charge is -2.33. The molecule has 5 heteroatoms. The van der Waals surface area contributed by atoms with Crippen molar-refractivity contribution in [2.45, 2.75) is 33.1 Å². The molecular formula is C22H28N2O3. The van der Waals surface area contributed by atoms with Gasteiger partial charge in [-0.15, -0.1) is 6.58 Å². The lowest BCUT2D eigenvalue weighted by Crippen LogP contribution is -2.39. The summed E-state index contributed by atoms with van der Waals surface area (Å²) in [4.78, 5) is 29.5. The highest BCUT2D eigenvalue weighted by Gasteiger charge is 2.41. The zero-order valence-corrected chi connectivity index (χ0v) is 16.2. The molecule has 1 atom stereocenters. The van der Waals surface area contributed by atoms with Crippen molar-refractivity contribution >= 4 is 17.4 Å². The molecule has 3 rings (SSSR count). The van der Waals surface area contributed by atoms with Gasteiger partial charge in [0.25, 0.3) is 11.8 Å². The standard InChI is InChI=1S/C22H28N2O3/c1-4-12-24-21(25)19(17-8-10-18(11-9-17)27-14-5-2)20(22(24)26)23-13-6-7-16(3)15-23/h4,8-11,16H,1,5-7,12-15H2,2-3H3. The fraction of sp³-hybridized carbons (Fsp3) is 0.455. The number of carbonyl (C=O) groups excluding carboxylic acids is 2. The van der Waals surface area contributed by atoms with E-state index >= 15 is 0 Å². The predicted octanol–water partition coefficient (Wildman–Crippen LogP) is 3.47. The molecule has 1 saturated heterocycles. The van der Waals surface area contributed by atoms with E-state index in [2.05, 4.69) is 25.3 Å². The summed E-state index contributed by atoms with van der Waals surface area (Å²) in [5, 5.41) is 0. The average molecular weight is 368 g/mol. The van der Waals surface area contributed by atoms with Crippen LogP contribution in [0.1, 0.15) is 38.7 Å². The molecule has 5 nitrogen and oxygen atoms in total. The Labute approximate surface area is 161 Å². The summed E-state index contributed by atoms with van der Waals surface area (Å²) in [5.41, 5.74) is 1.80. The highest BCUT2D eigenvalue weighted by molar-refractivity contribution is 6.35. The molecule has 2 heterocycles. The Morgan fingerprint density at radius 3 is 2.59 bits per heavy atom. The average Bonchev–Trinajstić information content (AvgIpc) is 2.92. The van der Waals surface area contributed by atoms with Crippen molar-refractivity contribution in [1.82, 2.24) is 9.80 Å². The number of hydrogen-bond acceptors (Lipinski definition) is 4. The Kier molecular flexibility index (Phi) is 5.99. The van der Waals surface area contributed by atoms with Gasteiger partial charge < -0.3 is 9.64 Å². The van der Waals surface area contributed by atoms with Crippen LogP contribution in [0.25, 0.3) is 5.57 Å². The van der Waals surface area contributed by atoms with Gasteiger partial charge in [-0.3, -0.25) is 14.5 Å². The van der Waals surface area contributed by atoms with Gasteiger partial charge in [-0.1, -0.05) is 32.1 Å². The van der Waals surface area contributed by atoms with Gasteiger partial charge in [0, 0.05) is 19.6 Å². The third-order valence-corrected chi connectivity index (χ3v) is 5.04. The van der Waals surface area contributed by atoms with Crippen molar-refractivity contribution in [1.29, 1.82) is 0 Å². The van der Waals surface area contributed by atoms with Crippen LogP contribution in [0.3, 0.4) is 0 Å². The molecule has 2 aliphatic rings. The summed E-state index contributed by atoms with van der Waals surface area (Å²) in [5.74, 6) is 0.827. The monoisotopic (exact) mass is 368 g/mol. The quantitative estimate of drug-likeness (QED) is 0.546. The number of rotatable bonds is 7. The first-order valence-corrected chi connectivity index (χ1v) is 9.76. The van der Waals surface area contributed by atoms with Gasteiger partial charge in [0.2, 0.25) is 0 Å². The van der Waals surface area contributed by atoms with Crippen molar-refractivity contribution in [2.24, 2.45) is 5.92 Å². The van der Waals surface area contributed by atoms with Crippen molar-refractivity contribution < 1.29 is 14.3 Å². The molecule has 144 valence electrons. The van der Waals surface area contributed by atoms with Crippen LogP contribution in [0, 0.1) is 5.92 Å². The second kappa shape index (κ2) is 8.42. The molecule has 1 aromatic rings. The molecule has 0 radical (unpaired) electrons. The molecule has 1 aromatic carbocycles. The van der Waals surface area contributed by atoms with E-state index < -0.39 is 0 Å². The zero-order chi connectivity index (χ0) is 19.4. The first-order chi connectivity index (χ1) is 13.1. The highest BCUT2D eigenvalue weighted by atomic mass is 16.5. The van der Waals surface area contributed by atoms with Gasteiger partial charge in [-0.2, -0.15) is 0 Å². The van der Waals surface area contributed by atoms with Crippen molar-refractivity contribution in [2.75, 3.05) is 26.2 Å². The third-order valence-electron chi connectivity index (χ3n) is 5.04. The fourth-order valence-corrected chi connectivity index (χ4v) is 3.74. The largest absolute Gasteiger partial charge is 0.494 e. The topological polar surface area (TPSA) is 49.9 Å². The Bertz CT molecular complexity index is 751. The normalized spacial score (nSPS) is 20.4. The summed E-state index contributed by atoms with van der Waals surface area (Å²) >= 11 is 0. The van der Waals surface area contributed by atoms with Crippen LogP contribution in [-0.2, 0) is 9.59 Å². The van der Waals surface area contributed by atoms with E-state index in [1.165, 1.54) is 4.90 Å². The molecular weight excluding hydrogens is 340 g/mol. The summed E-state index contributed by atoms with van der Waals surface area (Å²) in [6.07, 6.45) is 4.72. The Hall–Kier alpha value is -2.56. The van der Waals surface area contributed by atoms with Gasteiger partial charge in [-0.25, -0.2) is 0 Å². The minimum Gasteiger partial charge on any atom is -0.494 e. The number of hydrogen-bond donors (Lipinski definition) is 0. The molecule has 2 aliphatic heterocycles. The summed E-state index contributed by atoms with van der Waals surface area (Å²) in [6, 6.07) is 7.47.